The van der Waals surface area contributed by atoms with Gasteiger partial charge in [0.05, 0.1) is 14.2 Å². The van der Waals surface area contributed by atoms with Gasteiger partial charge in [0.2, 0.25) is 0 Å². The minimum absolute atomic E-state index is 0. The fourth-order valence-electron chi connectivity index (χ4n) is 2.61. The lowest BCUT2D eigenvalue weighted by atomic mass is 10.1. The molecule has 148 valence electrons. The number of aliphatic imine (C=N–C) groups is 1. The van der Waals surface area contributed by atoms with Crippen molar-refractivity contribution >= 4 is 29.9 Å². The van der Waals surface area contributed by atoms with E-state index in [0.29, 0.717) is 6.54 Å². The molecule has 0 atom stereocenters. The molecule has 0 aliphatic rings. The third-order valence-corrected chi connectivity index (χ3v) is 4.12. The monoisotopic (exact) mass is 487 g/mol. The van der Waals surface area contributed by atoms with E-state index in [-0.39, 0.29) is 29.8 Å². The van der Waals surface area contributed by atoms with Gasteiger partial charge in [-0.1, -0.05) is 18.2 Å². The van der Waals surface area contributed by atoms with Crippen molar-refractivity contribution in [3.63, 3.8) is 0 Å². The molecule has 0 heterocycles. The molecular weight excluding hydrogens is 460 g/mol. The smallest absolute Gasteiger partial charge is 0.193 e. The first-order chi connectivity index (χ1) is 12.6. The van der Waals surface area contributed by atoms with Crippen molar-refractivity contribution in [2.45, 2.75) is 13.0 Å². The molecule has 0 spiro atoms. The molecule has 0 saturated carbocycles. The summed E-state index contributed by atoms with van der Waals surface area (Å²) in [5.74, 6) is 2.01. The Hall–Kier alpha value is -2.03. The summed E-state index contributed by atoms with van der Waals surface area (Å²) in [6.07, 6.45) is 0.841. The summed E-state index contributed by atoms with van der Waals surface area (Å²) < 4.78 is 23.6. The van der Waals surface area contributed by atoms with Gasteiger partial charge in [0, 0.05) is 27.2 Å². The Bertz CT molecular complexity index is 739. The molecule has 0 amide bonds. The van der Waals surface area contributed by atoms with Crippen LogP contribution in [0.25, 0.3) is 0 Å². The number of rotatable bonds is 7. The van der Waals surface area contributed by atoms with Crippen LogP contribution in [-0.4, -0.2) is 45.7 Å². The van der Waals surface area contributed by atoms with Crippen LogP contribution in [-0.2, 0) is 13.0 Å². The number of methoxy groups -OCH3 is 2. The molecule has 0 unspecified atom stereocenters. The van der Waals surface area contributed by atoms with Crippen molar-refractivity contribution in [3.8, 4) is 11.5 Å². The highest BCUT2D eigenvalue weighted by Crippen LogP contribution is 2.27. The van der Waals surface area contributed by atoms with E-state index in [4.69, 9.17) is 9.47 Å². The zero-order chi connectivity index (χ0) is 18.9. The Balaban J connectivity index is 0.00000364. The molecule has 0 aliphatic heterocycles. The quantitative estimate of drug-likeness (QED) is 0.368. The van der Waals surface area contributed by atoms with Gasteiger partial charge in [-0.2, -0.15) is 0 Å². The second-order valence-corrected chi connectivity index (χ2v) is 5.89. The molecule has 0 radical (unpaired) electrons. The van der Waals surface area contributed by atoms with Crippen LogP contribution in [0.3, 0.4) is 0 Å². The molecule has 7 heteroatoms. The van der Waals surface area contributed by atoms with Crippen LogP contribution in [0.1, 0.15) is 11.1 Å². The number of hydrogen-bond donors (Lipinski definition) is 1. The van der Waals surface area contributed by atoms with Gasteiger partial charge in [-0.15, -0.1) is 24.0 Å². The molecule has 2 aromatic carbocycles. The Morgan fingerprint density at radius 3 is 2.26 bits per heavy atom. The highest BCUT2D eigenvalue weighted by atomic mass is 127. The Kier molecular flexibility index (Phi) is 9.92. The summed E-state index contributed by atoms with van der Waals surface area (Å²) in [5, 5.41) is 3.29. The number of ether oxygens (including phenoxy) is 2. The van der Waals surface area contributed by atoms with Crippen LogP contribution in [0.2, 0.25) is 0 Å². The molecule has 5 nitrogen and oxygen atoms in total. The summed E-state index contributed by atoms with van der Waals surface area (Å²) >= 11 is 0. The fraction of sp³-hybridized carbons (Fsp3) is 0.350. The first-order valence-corrected chi connectivity index (χ1v) is 8.44. The van der Waals surface area contributed by atoms with Gasteiger partial charge in [0.15, 0.2) is 17.5 Å². The van der Waals surface area contributed by atoms with Crippen LogP contribution >= 0.6 is 24.0 Å². The van der Waals surface area contributed by atoms with E-state index in [1.54, 1.807) is 33.4 Å². The third kappa shape index (κ3) is 6.89. The lowest BCUT2D eigenvalue weighted by Crippen LogP contribution is -2.39. The lowest BCUT2D eigenvalue weighted by Gasteiger charge is -2.22. The van der Waals surface area contributed by atoms with Gasteiger partial charge < -0.3 is 19.7 Å². The molecule has 0 aromatic heterocycles. The SMILES string of the molecule is CN=C(NCc1ccc(F)cc1)N(C)CCc1ccc(OC)c(OC)c1.I. The number of hydrogen-bond acceptors (Lipinski definition) is 3. The van der Waals surface area contributed by atoms with Crippen LogP contribution < -0.4 is 14.8 Å². The van der Waals surface area contributed by atoms with Crippen LogP contribution in [0.5, 0.6) is 11.5 Å². The maximum atomic E-state index is 13.0. The van der Waals surface area contributed by atoms with Crippen molar-refractivity contribution in [3.05, 3.63) is 59.4 Å². The molecule has 0 fully saturated rings. The zero-order valence-electron chi connectivity index (χ0n) is 16.2. The topological polar surface area (TPSA) is 46.1 Å². The normalized spacial score (nSPS) is 10.8. The maximum absolute atomic E-state index is 13.0. The highest BCUT2D eigenvalue weighted by Gasteiger charge is 2.08. The van der Waals surface area contributed by atoms with Crippen molar-refractivity contribution in [1.82, 2.24) is 10.2 Å². The average molecular weight is 487 g/mol. The van der Waals surface area contributed by atoms with E-state index < -0.39 is 0 Å². The van der Waals surface area contributed by atoms with Gasteiger partial charge in [-0.3, -0.25) is 4.99 Å². The van der Waals surface area contributed by atoms with Gasteiger partial charge >= 0.3 is 0 Å². The summed E-state index contributed by atoms with van der Waals surface area (Å²) in [5.41, 5.74) is 2.16. The van der Waals surface area contributed by atoms with Crippen LogP contribution in [0.15, 0.2) is 47.5 Å². The summed E-state index contributed by atoms with van der Waals surface area (Å²) in [6.45, 7) is 1.38. The predicted molar refractivity (Wildman–Crippen MR) is 118 cm³/mol. The Morgan fingerprint density at radius 1 is 1.04 bits per heavy atom. The molecule has 0 saturated heterocycles. The number of nitrogens with one attached hydrogen (secondary N) is 1. The predicted octanol–water partition coefficient (Wildman–Crippen LogP) is 3.71. The fourth-order valence-corrected chi connectivity index (χ4v) is 2.61. The third-order valence-electron chi connectivity index (χ3n) is 4.12. The molecule has 1 N–H and O–H groups in total. The summed E-state index contributed by atoms with van der Waals surface area (Å²) in [6, 6.07) is 12.4. The standard InChI is InChI=1S/C20H26FN3O2.HI/c1-22-20(23-14-16-5-8-17(21)9-6-16)24(2)12-11-15-7-10-18(25-3)19(13-15)26-4;/h5-10,13H,11-12,14H2,1-4H3,(H,22,23);1H. The van der Waals surface area contributed by atoms with Gasteiger partial charge in [0.1, 0.15) is 5.82 Å². The number of nitrogens with zero attached hydrogens (tertiary/aromatic N) is 2. The Morgan fingerprint density at radius 2 is 1.67 bits per heavy atom. The summed E-state index contributed by atoms with van der Waals surface area (Å²) in [7, 11) is 7.00. The molecular formula is C20H27FIN3O2. The van der Waals surface area contributed by atoms with E-state index in [0.717, 1.165) is 41.6 Å². The summed E-state index contributed by atoms with van der Waals surface area (Å²) in [4.78, 5) is 6.36. The van der Waals surface area contributed by atoms with Gasteiger partial charge in [-0.25, -0.2) is 4.39 Å². The number of halogens is 2. The van der Waals surface area contributed by atoms with Gasteiger partial charge in [0.25, 0.3) is 0 Å². The van der Waals surface area contributed by atoms with Gasteiger partial charge in [-0.05, 0) is 41.8 Å². The van der Waals surface area contributed by atoms with Crippen molar-refractivity contribution in [1.29, 1.82) is 0 Å². The van der Waals surface area contributed by atoms with Crippen molar-refractivity contribution in [2.75, 3.05) is 34.9 Å². The molecule has 2 rings (SSSR count). The number of likely N-dealkylation sites (N-methyl/N-ethyl adjacent to an activating group) is 1. The maximum Gasteiger partial charge on any atom is 0.193 e. The second kappa shape index (κ2) is 11.6. The van der Waals surface area contributed by atoms with E-state index in [1.165, 1.54) is 12.1 Å². The van der Waals surface area contributed by atoms with E-state index in [9.17, 15) is 4.39 Å². The largest absolute Gasteiger partial charge is 0.493 e. The highest BCUT2D eigenvalue weighted by molar-refractivity contribution is 14.0. The molecule has 0 aliphatic carbocycles. The molecule has 2 aromatic rings. The van der Waals surface area contributed by atoms with Crippen molar-refractivity contribution < 1.29 is 13.9 Å². The minimum Gasteiger partial charge on any atom is -0.493 e. The average Bonchev–Trinajstić information content (AvgIpc) is 2.67. The second-order valence-electron chi connectivity index (χ2n) is 5.89. The van der Waals surface area contributed by atoms with E-state index >= 15 is 0 Å². The first kappa shape index (κ1) is 23.0. The minimum atomic E-state index is -0.231. The first-order valence-electron chi connectivity index (χ1n) is 8.44. The zero-order valence-corrected chi connectivity index (χ0v) is 18.5. The Labute approximate surface area is 177 Å². The number of benzene rings is 2. The number of guanidine groups is 1. The van der Waals surface area contributed by atoms with E-state index in [2.05, 4.69) is 15.2 Å². The molecule has 27 heavy (non-hydrogen) atoms. The molecule has 0 bridgehead atoms. The van der Waals surface area contributed by atoms with E-state index in [1.807, 2.05) is 25.2 Å². The lowest BCUT2D eigenvalue weighted by molar-refractivity contribution is 0.354. The van der Waals surface area contributed by atoms with Crippen LogP contribution in [0.4, 0.5) is 4.39 Å². The van der Waals surface area contributed by atoms with Crippen LogP contribution in [0, 0.1) is 5.82 Å². The van der Waals surface area contributed by atoms with Crippen molar-refractivity contribution in [2.24, 2.45) is 4.99 Å².